The van der Waals surface area contributed by atoms with Crippen LogP contribution in [0.15, 0.2) is 66.9 Å². The maximum Gasteiger partial charge on any atom is 0.269 e. The van der Waals surface area contributed by atoms with E-state index in [0.717, 1.165) is 11.3 Å². The van der Waals surface area contributed by atoms with Crippen molar-refractivity contribution >= 4 is 11.6 Å². The normalized spacial score (nSPS) is 10.4. The van der Waals surface area contributed by atoms with Crippen LogP contribution >= 0.6 is 0 Å². The van der Waals surface area contributed by atoms with Gasteiger partial charge in [0.25, 0.3) is 5.91 Å². The molecule has 144 valence electrons. The fourth-order valence-electron chi connectivity index (χ4n) is 2.81. The molecule has 0 aliphatic rings. The number of rotatable bonds is 8. The van der Waals surface area contributed by atoms with E-state index in [9.17, 15) is 9.18 Å². The summed E-state index contributed by atoms with van der Waals surface area (Å²) in [4.78, 5) is 16.5. The summed E-state index contributed by atoms with van der Waals surface area (Å²) in [5.41, 5.74) is 2.59. The fourth-order valence-corrected chi connectivity index (χ4v) is 2.81. The number of para-hydroxylation sites is 1. The molecule has 0 saturated heterocycles. The molecule has 6 heteroatoms. The van der Waals surface area contributed by atoms with Crippen molar-refractivity contribution in [3.63, 3.8) is 0 Å². The third-order valence-electron chi connectivity index (χ3n) is 4.31. The number of aromatic nitrogens is 1. The Morgan fingerprint density at radius 2 is 1.82 bits per heavy atom. The van der Waals surface area contributed by atoms with E-state index >= 15 is 0 Å². The van der Waals surface area contributed by atoms with Crippen LogP contribution in [0.4, 0.5) is 10.1 Å². The Hall–Kier alpha value is -3.41. The quantitative estimate of drug-likeness (QED) is 0.625. The molecule has 0 radical (unpaired) electrons. The molecule has 0 bridgehead atoms. The summed E-state index contributed by atoms with van der Waals surface area (Å²) >= 11 is 0. The molecule has 28 heavy (non-hydrogen) atoms. The van der Waals surface area contributed by atoms with E-state index in [1.807, 2.05) is 24.3 Å². The smallest absolute Gasteiger partial charge is 0.269 e. The van der Waals surface area contributed by atoms with Crippen molar-refractivity contribution in [1.29, 1.82) is 0 Å². The lowest BCUT2D eigenvalue weighted by Crippen LogP contribution is -2.26. The van der Waals surface area contributed by atoms with Gasteiger partial charge in [-0.2, -0.15) is 0 Å². The SMILES string of the molecule is COc1ccccc1CCNC(=O)c1cc(NCc2ccccc2F)ccn1. The van der Waals surface area contributed by atoms with Gasteiger partial charge in [0.1, 0.15) is 17.3 Å². The summed E-state index contributed by atoms with van der Waals surface area (Å²) < 4.78 is 19.0. The Morgan fingerprint density at radius 1 is 1.07 bits per heavy atom. The number of hydrogen-bond acceptors (Lipinski definition) is 4. The summed E-state index contributed by atoms with van der Waals surface area (Å²) in [6, 6.07) is 17.7. The third-order valence-corrected chi connectivity index (χ3v) is 4.31. The minimum atomic E-state index is -0.265. The minimum Gasteiger partial charge on any atom is -0.496 e. The average Bonchev–Trinajstić information content (AvgIpc) is 2.73. The van der Waals surface area contributed by atoms with Crippen molar-refractivity contribution in [2.24, 2.45) is 0 Å². The number of hydrogen-bond donors (Lipinski definition) is 2. The number of nitrogens with zero attached hydrogens (tertiary/aromatic N) is 1. The van der Waals surface area contributed by atoms with Crippen LogP contribution in [0.25, 0.3) is 0 Å². The molecule has 1 amide bonds. The van der Waals surface area contributed by atoms with E-state index in [-0.39, 0.29) is 11.7 Å². The molecule has 0 atom stereocenters. The minimum absolute atomic E-state index is 0.260. The van der Waals surface area contributed by atoms with Crippen LogP contribution < -0.4 is 15.4 Å². The first-order chi connectivity index (χ1) is 13.7. The first kappa shape index (κ1) is 19.4. The van der Waals surface area contributed by atoms with E-state index in [1.165, 1.54) is 6.07 Å². The van der Waals surface area contributed by atoms with Gasteiger partial charge in [-0.05, 0) is 36.2 Å². The topological polar surface area (TPSA) is 63.2 Å². The largest absolute Gasteiger partial charge is 0.496 e. The molecular formula is C22H22FN3O2. The van der Waals surface area contributed by atoms with Crippen LogP contribution in [-0.4, -0.2) is 24.5 Å². The summed E-state index contributed by atoms with van der Waals surface area (Å²) in [6.45, 7) is 0.791. The van der Waals surface area contributed by atoms with Gasteiger partial charge in [-0.3, -0.25) is 9.78 Å². The molecule has 0 saturated carbocycles. The molecule has 3 aromatic rings. The first-order valence-corrected chi connectivity index (χ1v) is 9.01. The standard InChI is InChI=1S/C22H22FN3O2/c1-28-21-9-5-3-6-16(21)10-12-25-22(27)20-14-18(11-13-24-20)26-15-17-7-2-4-8-19(17)23/h2-9,11,13-14H,10,12,15H2,1H3,(H,24,26)(H,25,27). The Kier molecular flexibility index (Phi) is 6.57. The highest BCUT2D eigenvalue weighted by Gasteiger charge is 2.09. The van der Waals surface area contributed by atoms with Gasteiger partial charge in [0.05, 0.1) is 7.11 Å². The Labute approximate surface area is 163 Å². The Balaban J connectivity index is 1.55. The number of nitrogens with one attached hydrogen (secondary N) is 2. The van der Waals surface area contributed by atoms with Gasteiger partial charge in [-0.25, -0.2) is 4.39 Å². The van der Waals surface area contributed by atoms with Crippen LogP contribution in [0, 0.1) is 5.82 Å². The third kappa shape index (κ3) is 5.07. The lowest BCUT2D eigenvalue weighted by molar-refractivity contribution is 0.0949. The molecule has 0 spiro atoms. The van der Waals surface area contributed by atoms with Crippen molar-refractivity contribution < 1.29 is 13.9 Å². The van der Waals surface area contributed by atoms with E-state index < -0.39 is 0 Å². The predicted octanol–water partition coefficient (Wildman–Crippen LogP) is 3.81. The average molecular weight is 379 g/mol. The molecule has 1 heterocycles. The van der Waals surface area contributed by atoms with Crippen molar-refractivity contribution in [2.45, 2.75) is 13.0 Å². The maximum atomic E-state index is 13.7. The number of carbonyl (C=O) groups excluding carboxylic acids is 1. The molecule has 0 aliphatic heterocycles. The molecule has 5 nitrogen and oxygen atoms in total. The van der Waals surface area contributed by atoms with Gasteiger partial charge in [-0.1, -0.05) is 36.4 Å². The van der Waals surface area contributed by atoms with E-state index in [2.05, 4.69) is 15.6 Å². The summed E-state index contributed by atoms with van der Waals surface area (Å²) in [6.07, 6.45) is 2.21. The fraction of sp³-hybridized carbons (Fsp3) is 0.182. The molecule has 2 aromatic carbocycles. The van der Waals surface area contributed by atoms with Gasteiger partial charge < -0.3 is 15.4 Å². The molecular weight excluding hydrogens is 357 g/mol. The van der Waals surface area contributed by atoms with Crippen LogP contribution in [-0.2, 0) is 13.0 Å². The van der Waals surface area contributed by atoms with Gasteiger partial charge in [0.15, 0.2) is 0 Å². The van der Waals surface area contributed by atoms with Gasteiger partial charge in [0.2, 0.25) is 0 Å². The molecule has 1 aromatic heterocycles. The summed E-state index contributed by atoms with van der Waals surface area (Å²) in [7, 11) is 1.63. The highest BCUT2D eigenvalue weighted by molar-refractivity contribution is 5.93. The highest BCUT2D eigenvalue weighted by atomic mass is 19.1. The van der Waals surface area contributed by atoms with Crippen LogP contribution in [0.2, 0.25) is 0 Å². The number of benzene rings is 2. The van der Waals surface area contributed by atoms with Crippen LogP contribution in [0.3, 0.4) is 0 Å². The van der Waals surface area contributed by atoms with Crippen LogP contribution in [0.1, 0.15) is 21.6 Å². The Bertz CT molecular complexity index is 946. The second kappa shape index (κ2) is 9.50. The predicted molar refractivity (Wildman–Crippen MR) is 107 cm³/mol. The second-order valence-electron chi connectivity index (χ2n) is 6.19. The number of methoxy groups -OCH3 is 1. The number of halogens is 1. The maximum absolute atomic E-state index is 13.7. The van der Waals surface area contributed by atoms with Gasteiger partial charge >= 0.3 is 0 Å². The molecule has 0 fully saturated rings. The summed E-state index contributed by atoms with van der Waals surface area (Å²) in [5.74, 6) is 0.275. The van der Waals surface area contributed by atoms with Crippen molar-refractivity contribution in [1.82, 2.24) is 10.3 Å². The van der Waals surface area contributed by atoms with Gasteiger partial charge in [-0.15, -0.1) is 0 Å². The zero-order valence-electron chi connectivity index (χ0n) is 15.6. The summed E-state index contributed by atoms with van der Waals surface area (Å²) in [5, 5.41) is 5.98. The van der Waals surface area contributed by atoms with E-state index in [4.69, 9.17) is 4.74 Å². The number of carbonyl (C=O) groups is 1. The number of anilines is 1. The number of amides is 1. The zero-order valence-corrected chi connectivity index (χ0v) is 15.6. The number of pyridine rings is 1. The zero-order chi connectivity index (χ0) is 19.8. The van der Waals surface area contributed by atoms with Crippen molar-refractivity contribution in [2.75, 3.05) is 19.0 Å². The highest BCUT2D eigenvalue weighted by Crippen LogP contribution is 2.17. The Morgan fingerprint density at radius 3 is 2.61 bits per heavy atom. The van der Waals surface area contributed by atoms with E-state index in [1.54, 1.807) is 43.6 Å². The van der Waals surface area contributed by atoms with Crippen molar-refractivity contribution in [3.05, 3.63) is 89.5 Å². The van der Waals surface area contributed by atoms with Gasteiger partial charge in [0, 0.05) is 30.5 Å². The lowest BCUT2D eigenvalue weighted by atomic mass is 10.1. The second-order valence-corrected chi connectivity index (χ2v) is 6.19. The molecule has 3 rings (SSSR count). The lowest BCUT2D eigenvalue weighted by Gasteiger charge is -2.10. The number of ether oxygens (including phenoxy) is 1. The van der Waals surface area contributed by atoms with Crippen molar-refractivity contribution in [3.8, 4) is 5.75 Å². The molecule has 0 unspecified atom stereocenters. The first-order valence-electron chi connectivity index (χ1n) is 9.01. The molecule has 2 N–H and O–H groups in total. The monoisotopic (exact) mass is 379 g/mol. The molecule has 0 aliphatic carbocycles. The van der Waals surface area contributed by atoms with E-state index in [0.29, 0.717) is 36.5 Å². The van der Waals surface area contributed by atoms with Crippen LogP contribution in [0.5, 0.6) is 5.75 Å².